The fraction of sp³-hybridized carbons (Fsp3) is 0.471. The molecular weight excluding hydrogens is 397 g/mol. The molecule has 26 heavy (non-hydrogen) atoms. The zero-order chi connectivity index (χ0) is 20.1. The van der Waals surface area contributed by atoms with Crippen LogP contribution >= 0.6 is 34.8 Å². The van der Waals surface area contributed by atoms with Gasteiger partial charge in [-0.1, -0.05) is 39.8 Å². The Morgan fingerprint density at radius 2 is 1.27 bits per heavy atom. The lowest BCUT2D eigenvalue weighted by Gasteiger charge is -2.10. The van der Waals surface area contributed by atoms with Gasteiger partial charge in [0, 0.05) is 12.1 Å². The average Bonchev–Trinajstić information content (AvgIpc) is 2.48. The van der Waals surface area contributed by atoms with Crippen LogP contribution in [0.5, 0.6) is 5.75 Å². The van der Waals surface area contributed by atoms with Crippen molar-refractivity contribution >= 4 is 34.8 Å². The van der Waals surface area contributed by atoms with Crippen molar-refractivity contribution in [3.8, 4) is 5.75 Å². The molecule has 2 rings (SSSR count). The van der Waals surface area contributed by atoms with Crippen LogP contribution in [0, 0.1) is 0 Å². The van der Waals surface area contributed by atoms with E-state index in [1.54, 1.807) is 12.1 Å². The van der Waals surface area contributed by atoms with Crippen molar-refractivity contribution in [2.75, 3.05) is 6.54 Å². The number of aromatic nitrogens is 3. The van der Waals surface area contributed by atoms with Gasteiger partial charge in [0.25, 0.3) is 0 Å². The highest BCUT2D eigenvalue weighted by Gasteiger charge is 1.97. The van der Waals surface area contributed by atoms with E-state index in [2.05, 4.69) is 48.0 Å². The van der Waals surface area contributed by atoms with E-state index >= 15 is 0 Å². The number of nitrogens with zero attached hydrogens (tertiary/aromatic N) is 3. The molecule has 0 saturated carbocycles. The summed E-state index contributed by atoms with van der Waals surface area (Å²) in [6.45, 7) is 9.27. The molecule has 0 amide bonds. The van der Waals surface area contributed by atoms with Crippen LogP contribution in [0.3, 0.4) is 0 Å². The topological polar surface area (TPSA) is 97.0 Å². The van der Waals surface area contributed by atoms with Crippen molar-refractivity contribution in [3.63, 3.8) is 0 Å². The average molecular weight is 423 g/mol. The first-order chi connectivity index (χ1) is 12.1. The summed E-state index contributed by atoms with van der Waals surface area (Å²) in [4.78, 5) is 10.4. The molecular formula is C17H26Cl3N5O. The van der Waals surface area contributed by atoms with E-state index in [1.165, 1.54) is 5.56 Å². The van der Waals surface area contributed by atoms with Crippen LogP contribution in [-0.2, 0) is 6.42 Å². The smallest absolute Gasteiger partial charge is 0.227 e. The van der Waals surface area contributed by atoms with Crippen molar-refractivity contribution in [3.05, 3.63) is 45.7 Å². The standard InChI is InChI=1S/C8H11NO.C6H15N.C3Cl3N3/c9-6-5-7-1-3-8(10)4-2-7;1-5(2)7-6(3)4;4-1-7-2(5)9-3(6)8-1/h1-4,10H,5-6,9H2;5-7H,1-4H3;. The van der Waals surface area contributed by atoms with Crippen LogP contribution in [0.15, 0.2) is 24.3 Å². The van der Waals surface area contributed by atoms with Gasteiger partial charge in [0.1, 0.15) is 5.75 Å². The molecule has 0 spiro atoms. The fourth-order valence-corrected chi connectivity index (χ4v) is 2.41. The Morgan fingerprint density at radius 1 is 0.885 bits per heavy atom. The van der Waals surface area contributed by atoms with E-state index in [0.717, 1.165) is 6.42 Å². The lowest BCUT2D eigenvalue weighted by atomic mass is 10.1. The van der Waals surface area contributed by atoms with Crippen molar-refractivity contribution < 1.29 is 5.11 Å². The van der Waals surface area contributed by atoms with Crippen molar-refractivity contribution in [2.24, 2.45) is 5.73 Å². The maximum absolute atomic E-state index is 8.89. The number of nitrogens with one attached hydrogen (secondary N) is 1. The highest BCUT2D eigenvalue weighted by atomic mass is 35.5. The van der Waals surface area contributed by atoms with Gasteiger partial charge in [-0.2, -0.15) is 15.0 Å². The predicted octanol–water partition coefficient (Wildman–Crippen LogP) is 4.12. The normalized spacial score (nSPS) is 10.1. The second kappa shape index (κ2) is 13.9. The minimum atomic E-state index is 0.000000000000000444. The highest BCUT2D eigenvalue weighted by Crippen LogP contribution is 2.09. The Morgan fingerprint density at radius 3 is 1.54 bits per heavy atom. The van der Waals surface area contributed by atoms with E-state index in [0.29, 0.717) is 24.4 Å². The molecule has 0 fully saturated rings. The molecule has 0 saturated heterocycles. The van der Waals surface area contributed by atoms with Gasteiger partial charge in [-0.15, -0.1) is 0 Å². The van der Waals surface area contributed by atoms with Gasteiger partial charge in [0.05, 0.1) is 0 Å². The number of rotatable bonds is 4. The Kier molecular flexibility index (Phi) is 13.3. The highest BCUT2D eigenvalue weighted by molar-refractivity contribution is 6.33. The second-order valence-corrected chi connectivity index (χ2v) is 6.84. The van der Waals surface area contributed by atoms with Crippen LogP contribution in [0.1, 0.15) is 33.3 Å². The van der Waals surface area contributed by atoms with Crippen LogP contribution < -0.4 is 11.1 Å². The molecule has 0 radical (unpaired) electrons. The lowest BCUT2D eigenvalue weighted by molar-refractivity contribution is 0.475. The van der Waals surface area contributed by atoms with E-state index in [9.17, 15) is 0 Å². The molecule has 1 aromatic carbocycles. The summed E-state index contributed by atoms with van der Waals surface area (Å²) in [5, 5.41) is 12.2. The second-order valence-electron chi connectivity index (χ2n) is 5.82. The zero-order valence-electron chi connectivity index (χ0n) is 15.4. The van der Waals surface area contributed by atoms with Gasteiger partial charge in [-0.05, 0) is 65.5 Å². The predicted molar refractivity (Wildman–Crippen MR) is 109 cm³/mol. The first-order valence-corrected chi connectivity index (χ1v) is 9.24. The lowest BCUT2D eigenvalue weighted by Crippen LogP contribution is -2.29. The summed E-state index contributed by atoms with van der Waals surface area (Å²) in [6.07, 6.45) is 0.875. The quantitative estimate of drug-likeness (QED) is 0.686. The number of hydrogen-bond acceptors (Lipinski definition) is 6. The van der Waals surface area contributed by atoms with Crippen molar-refractivity contribution in [1.82, 2.24) is 20.3 Å². The zero-order valence-corrected chi connectivity index (χ0v) is 17.6. The summed E-state index contributed by atoms with van der Waals surface area (Å²) in [6, 6.07) is 8.35. The Hall–Kier alpha value is -1.18. The molecule has 0 aliphatic heterocycles. The van der Waals surface area contributed by atoms with Crippen molar-refractivity contribution in [1.29, 1.82) is 0 Å². The number of halogens is 3. The van der Waals surface area contributed by atoms with Gasteiger partial charge < -0.3 is 16.2 Å². The van der Waals surface area contributed by atoms with Crippen LogP contribution in [0.2, 0.25) is 15.9 Å². The van der Waals surface area contributed by atoms with Gasteiger partial charge >= 0.3 is 0 Å². The molecule has 6 nitrogen and oxygen atoms in total. The van der Waals surface area contributed by atoms with Crippen LogP contribution in [0.4, 0.5) is 0 Å². The number of aromatic hydroxyl groups is 1. The molecule has 2 aromatic rings. The number of nitrogens with two attached hydrogens (primary N) is 1. The largest absolute Gasteiger partial charge is 0.508 e. The Balaban J connectivity index is 0.000000368. The summed E-state index contributed by atoms with van der Waals surface area (Å²) in [7, 11) is 0. The van der Waals surface area contributed by atoms with Gasteiger partial charge in [0.2, 0.25) is 15.9 Å². The molecule has 9 heteroatoms. The molecule has 0 atom stereocenters. The first kappa shape index (κ1) is 24.8. The number of phenols is 1. The SMILES string of the molecule is CC(C)NC(C)C.Clc1nc(Cl)nc(Cl)n1.NCCc1ccc(O)cc1. The van der Waals surface area contributed by atoms with E-state index in [-0.39, 0.29) is 15.9 Å². The third kappa shape index (κ3) is 14.0. The molecule has 146 valence electrons. The Labute approximate surface area is 170 Å². The van der Waals surface area contributed by atoms with Gasteiger partial charge in [-0.25, -0.2) is 0 Å². The fourth-order valence-electron chi connectivity index (χ4n) is 1.80. The third-order valence-electron chi connectivity index (χ3n) is 2.59. The first-order valence-electron chi connectivity index (χ1n) is 8.10. The monoisotopic (exact) mass is 421 g/mol. The van der Waals surface area contributed by atoms with Gasteiger partial charge in [0.15, 0.2) is 0 Å². The summed E-state index contributed by atoms with van der Waals surface area (Å²) in [5.74, 6) is 0.306. The molecule has 1 aromatic heterocycles. The summed E-state index contributed by atoms with van der Waals surface area (Å²) < 4.78 is 0. The molecule has 0 unspecified atom stereocenters. The third-order valence-corrected chi connectivity index (χ3v) is 3.10. The minimum Gasteiger partial charge on any atom is -0.508 e. The van der Waals surface area contributed by atoms with Gasteiger partial charge in [-0.3, -0.25) is 0 Å². The van der Waals surface area contributed by atoms with E-state index in [1.807, 2.05) is 12.1 Å². The Bertz CT molecular complexity index is 568. The van der Waals surface area contributed by atoms with Crippen LogP contribution in [0.25, 0.3) is 0 Å². The summed E-state index contributed by atoms with van der Waals surface area (Å²) in [5.41, 5.74) is 6.50. The molecule has 0 aliphatic rings. The van der Waals surface area contributed by atoms with E-state index < -0.39 is 0 Å². The number of hydrogen-bond donors (Lipinski definition) is 3. The maximum atomic E-state index is 8.89. The van der Waals surface area contributed by atoms with E-state index in [4.69, 9.17) is 45.6 Å². The van der Waals surface area contributed by atoms with Crippen LogP contribution in [-0.4, -0.2) is 38.7 Å². The van der Waals surface area contributed by atoms with Crippen molar-refractivity contribution in [2.45, 2.75) is 46.2 Å². The number of benzene rings is 1. The molecule has 0 bridgehead atoms. The summed E-state index contributed by atoms with van der Waals surface area (Å²) >= 11 is 16.0. The maximum Gasteiger partial charge on any atom is 0.227 e. The number of phenolic OH excluding ortho intramolecular Hbond substituents is 1. The molecule has 0 aliphatic carbocycles. The molecule has 1 heterocycles. The minimum absolute atomic E-state index is 0.000000000000000444. The molecule has 4 N–H and O–H groups in total.